The average molecular weight is 262 g/mol. The third kappa shape index (κ3) is 3.66. The molecule has 0 amide bonds. The Bertz CT molecular complexity index is 405. The van der Waals surface area contributed by atoms with Gasteiger partial charge in [0.2, 0.25) is 5.95 Å². The summed E-state index contributed by atoms with van der Waals surface area (Å²) in [7, 11) is 0. The lowest BCUT2D eigenvalue weighted by Crippen LogP contribution is -2.26. The third-order valence-electron chi connectivity index (χ3n) is 4.12. The summed E-state index contributed by atoms with van der Waals surface area (Å²) in [6.45, 7) is 6.99. The summed E-state index contributed by atoms with van der Waals surface area (Å²) in [6, 6.07) is 0. The van der Waals surface area contributed by atoms with E-state index >= 15 is 0 Å². The van der Waals surface area contributed by atoms with Gasteiger partial charge >= 0.3 is 0 Å². The largest absolute Gasteiger partial charge is 0.341 e. The Labute approximate surface area is 116 Å². The molecule has 0 bridgehead atoms. The molecule has 1 unspecified atom stereocenters. The third-order valence-corrected chi connectivity index (χ3v) is 4.12. The second kappa shape index (κ2) is 6.85. The minimum absolute atomic E-state index is 0.519. The number of hydrogen-bond donors (Lipinski definition) is 1. The number of aryl methyl sites for hydroxylation is 1. The number of nitrogens with zero attached hydrogens (tertiary/aromatic N) is 3. The summed E-state index contributed by atoms with van der Waals surface area (Å²) >= 11 is 0. The Balaban J connectivity index is 2.03. The maximum atomic E-state index is 5.66. The van der Waals surface area contributed by atoms with E-state index in [2.05, 4.69) is 21.8 Å². The highest BCUT2D eigenvalue weighted by atomic mass is 15.2. The van der Waals surface area contributed by atoms with Crippen LogP contribution in [0.3, 0.4) is 0 Å². The maximum Gasteiger partial charge on any atom is 0.225 e. The maximum absolute atomic E-state index is 5.66. The standard InChI is InChI=1S/C15H26N4/c1-3-5-13-6-4-8-19(9-7-13)15-17-11-14(10-16)12(2)18-15/h11,13H,3-10,16H2,1-2H3. The van der Waals surface area contributed by atoms with Gasteiger partial charge in [-0.1, -0.05) is 19.8 Å². The van der Waals surface area contributed by atoms with Crippen molar-refractivity contribution in [2.24, 2.45) is 11.7 Å². The van der Waals surface area contributed by atoms with Crippen molar-refractivity contribution in [2.75, 3.05) is 18.0 Å². The lowest BCUT2D eigenvalue weighted by molar-refractivity contribution is 0.435. The van der Waals surface area contributed by atoms with E-state index in [4.69, 9.17) is 5.73 Å². The number of nitrogens with two attached hydrogens (primary N) is 1. The van der Waals surface area contributed by atoms with Crippen molar-refractivity contribution >= 4 is 5.95 Å². The number of aromatic nitrogens is 2. The van der Waals surface area contributed by atoms with Crippen molar-refractivity contribution in [1.82, 2.24) is 9.97 Å². The molecule has 1 saturated heterocycles. The van der Waals surface area contributed by atoms with E-state index in [0.717, 1.165) is 36.2 Å². The van der Waals surface area contributed by atoms with Crippen molar-refractivity contribution in [3.05, 3.63) is 17.5 Å². The fraction of sp³-hybridized carbons (Fsp3) is 0.733. The van der Waals surface area contributed by atoms with Gasteiger partial charge in [0.15, 0.2) is 0 Å². The van der Waals surface area contributed by atoms with E-state index in [0.29, 0.717) is 6.54 Å². The van der Waals surface area contributed by atoms with Crippen molar-refractivity contribution in [3.63, 3.8) is 0 Å². The predicted molar refractivity (Wildman–Crippen MR) is 79.1 cm³/mol. The van der Waals surface area contributed by atoms with Crippen LogP contribution in [0.4, 0.5) is 5.95 Å². The van der Waals surface area contributed by atoms with E-state index < -0.39 is 0 Å². The van der Waals surface area contributed by atoms with Gasteiger partial charge < -0.3 is 10.6 Å². The van der Waals surface area contributed by atoms with Gasteiger partial charge in [-0.05, 0) is 32.1 Å². The fourth-order valence-electron chi connectivity index (χ4n) is 2.89. The molecule has 4 nitrogen and oxygen atoms in total. The molecule has 1 atom stereocenters. The normalized spacial score (nSPS) is 20.4. The van der Waals surface area contributed by atoms with Crippen LogP contribution in [0, 0.1) is 12.8 Å². The Kier molecular flexibility index (Phi) is 5.14. The first-order valence-corrected chi connectivity index (χ1v) is 7.52. The first-order chi connectivity index (χ1) is 9.24. The van der Waals surface area contributed by atoms with Gasteiger partial charge in [0, 0.05) is 37.1 Å². The average Bonchev–Trinajstić information content (AvgIpc) is 2.65. The molecule has 2 rings (SSSR count). The molecule has 2 N–H and O–H groups in total. The minimum Gasteiger partial charge on any atom is -0.341 e. The molecule has 2 heterocycles. The zero-order chi connectivity index (χ0) is 13.7. The molecule has 1 aromatic rings. The number of rotatable bonds is 4. The van der Waals surface area contributed by atoms with Crippen LogP contribution in [-0.4, -0.2) is 23.1 Å². The van der Waals surface area contributed by atoms with Gasteiger partial charge in [-0.2, -0.15) is 0 Å². The zero-order valence-electron chi connectivity index (χ0n) is 12.2. The molecule has 0 aromatic carbocycles. The summed E-state index contributed by atoms with van der Waals surface area (Å²) in [4.78, 5) is 11.4. The Morgan fingerprint density at radius 3 is 2.89 bits per heavy atom. The van der Waals surface area contributed by atoms with Gasteiger partial charge in [-0.25, -0.2) is 9.97 Å². The van der Waals surface area contributed by atoms with E-state index in [9.17, 15) is 0 Å². The van der Waals surface area contributed by atoms with Gasteiger partial charge in [0.25, 0.3) is 0 Å². The molecule has 0 aliphatic carbocycles. The van der Waals surface area contributed by atoms with Crippen LogP contribution in [-0.2, 0) is 6.54 Å². The number of hydrogen-bond acceptors (Lipinski definition) is 4. The molecule has 0 saturated carbocycles. The zero-order valence-corrected chi connectivity index (χ0v) is 12.2. The SMILES string of the molecule is CCCC1CCCN(c2ncc(CN)c(C)n2)CC1. The highest BCUT2D eigenvalue weighted by Gasteiger charge is 2.18. The molecule has 1 aliphatic heterocycles. The summed E-state index contributed by atoms with van der Waals surface area (Å²) in [6.07, 6.45) is 8.42. The highest BCUT2D eigenvalue weighted by molar-refractivity contribution is 5.33. The topological polar surface area (TPSA) is 55.0 Å². The molecular weight excluding hydrogens is 236 g/mol. The number of anilines is 1. The van der Waals surface area contributed by atoms with E-state index in [1.165, 1.54) is 32.1 Å². The fourth-order valence-corrected chi connectivity index (χ4v) is 2.89. The molecule has 0 radical (unpaired) electrons. The van der Waals surface area contributed by atoms with Crippen molar-refractivity contribution < 1.29 is 0 Å². The summed E-state index contributed by atoms with van der Waals surface area (Å²) in [5.74, 6) is 1.77. The van der Waals surface area contributed by atoms with Crippen molar-refractivity contribution in [2.45, 2.75) is 52.5 Å². The van der Waals surface area contributed by atoms with Gasteiger partial charge in [0.05, 0.1) is 0 Å². The first kappa shape index (κ1) is 14.3. The second-order valence-electron chi connectivity index (χ2n) is 5.56. The summed E-state index contributed by atoms with van der Waals surface area (Å²) in [5.41, 5.74) is 7.72. The van der Waals surface area contributed by atoms with Crippen LogP contribution in [0.1, 0.15) is 50.3 Å². The highest BCUT2D eigenvalue weighted by Crippen LogP contribution is 2.24. The molecule has 0 spiro atoms. The molecule has 1 fully saturated rings. The molecular formula is C15H26N4. The van der Waals surface area contributed by atoms with Gasteiger partial charge in [0.1, 0.15) is 0 Å². The van der Waals surface area contributed by atoms with Gasteiger partial charge in [-0.15, -0.1) is 0 Å². The van der Waals surface area contributed by atoms with Crippen LogP contribution in [0.2, 0.25) is 0 Å². The van der Waals surface area contributed by atoms with Crippen molar-refractivity contribution in [3.8, 4) is 0 Å². The lowest BCUT2D eigenvalue weighted by Gasteiger charge is -2.21. The van der Waals surface area contributed by atoms with Crippen LogP contribution in [0.15, 0.2) is 6.20 Å². The van der Waals surface area contributed by atoms with E-state index in [1.807, 2.05) is 13.1 Å². The summed E-state index contributed by atoms with van der Waals surface area (Å²) < 4.78 is 0. The quantitative estimate of drug-likeness (QED) is 0.906. The van der Waals surface area contributed by atoms with Gasteiger partial charge in [-0.3, -0.25) is 0 Å². The first-order valence-electron chi connectivity index (χ1n) is 7.52. The Hall–Kier alpha value is -1.16. The van der Waals surface area contributed by atoms with Crippen LogP contribution in [0.5, 0.6) is 0 Å². The van der Waals surface area contributed by atoms with E-state index in [1.54, 1.807) is 0 Å². The van der Waals surface area contributed by atoms with Crippen molar-refractivity contribution in [1.29, 1.82) is 0 Å². The van der Waals surface area contributed by atoms with E-state index in [-0.39, 0.29) is 0 Å². The molecule has 106 valence electrons. The predicted octanol–water partition coefficient (Wildman–Crippen LogP) is 2.65. The second-order valence-corrected chi connectivity index (χ2v) is 5.56. The van der Waals surface area contributed by atoms with Crippen LogP contribution < -0.4 is 10.6 Å². The Morgan fingerprint density at radius 1 is 1.37 bits per heavy atom. The Morgan fingerprint density at radius 2 is 2.21 bits per heavy atom. The minimum atomic E-state index is 0.519. The van der Waals surface area contributed by atoms with Crippen LogP contribution >= 0.6 is 0 Å². The smallest absolute Gasteiger partial charge is 0.225 e. The van der Waals surface area contributed by atoms with Crippen LogP contribution in [0.25, 0.3) is 0 Å². The molecule has 1 aliphatic rings. The molecule has 19 heavy (non-hydrogen) atoms. The monoisotopic (exact) mass is 262 g/mol. The lowest BCUT2D eigenvalue weighted by atomic mass is 9.96. The molecule has 4 heteroatoms. The summed E-state index contributed by atoms with van der Waals surface area (Å²) in [5, 5.41) is 0. The molecule has 1 aromatic heterocycles.